The van der Waals surface area contributed by atoms with Crippen molar-refractivity contribution in [2.45, 2.75) is 13.1 Å². The van der Waals surface area contributed by atoms with E-state index in [9.17, 15) is 22.8 Å². The maximum atomic E-state index is 12.6. The van der Waals surface area contributed by atoms with E-state index in [0.29, 0.717) is 5.56 Å². The van der Waals surface area contributed by atoms with Crippen LogP contribution < -0.4 is 5.32 Å². The van der Waals surface area contributed by atoms with Crippen molar-refractivity contribution < 1.29 is 27.5 Å². The van der Waals surface area contributed by atoms with Crippen molar-refractivity contribution in [1.82, 2.24) is 4.98 Å². The van der Waals surface area contributed by atoms with E-state index in [1.807, 2.05) is 0 Å². The van der Waals surface area contributed by atoms with Crippen LogP contribution in [0, 0.1) is 0 Å². The maximum Gasteiger partial charge on any atom is 0.416 e. The van der Waals surface area contributed by atoms with Gasteiger partial charge in [0.05, 0.1) is 12.7 Å². The number of anilines is 1. The Balaban J connectivity index is 2.18. The Morgan fingerprint density at radius 1 is 1.15 bits per heavy atom. The van der Waals surface area contributed by atoms with Crippen LogP contribution >= 0.6 is 0 Å². The summed E-state index contributed by atoms with van der Waals surface area (Å²) < 4.78 is 42.3. The van der Waals surface area contributed by atoms with Gasteiger partial charge in [0.25, 0.3) is 5.91 Å². The third-order valence-corrected chi connectivity index (χ3v) is 3.42. The average Bonchev–Trinajstić information content (AvgIpc) is 2.61. The second-order valence-corrected chi connectivity index (χ2v) is 5.29. The lowest BCUT2D eigenvalue weighted by atomic mass is 10.1. The predicted molar refractivity (Wildman–Crippen MR) is 89.3 cm³/mol. The van der Waals surface area contributed by atoms with Crippen LogP contribution in [-0.2, 0) is 15.7 Å². The van der Waals surface area contributed by atoms with Crippen LogP contribution in [0.5, 0.6) is 0 Å². The minimum Gasteiger partial charge on any atom is -0.465 e. The quantitative estimate of drug-likeness (QED) is 0.659. The van der Waals surface area contributed by atoms with Gasteiger partial charge in [-0.25, -0.2) is 9.78 Å². The minimum absolute atomic E-state index is 0.0320. The third kappa shape index (κ3) is 4.69. The van der Waals surface area contributed by atoms with Crippen molar-refractivity contribution in [3.8, 4) is 0 Å². The molecule has 0 aliphatic carbocycles. The van der Waals surface area contributed by atoms with E-state index < -0.39 is 23.6 Å². The number of aromatic nitrogens is 1. The molecule has 1 amide bonds. The topological polar surface area (TPSA) is 68.3 Å². The number of amides is 1. The Morgan fingerprint density at radius 2 is 1.81 bits per heavy atom. The highest BCUT2D eigenvalue weighted by Gasteiger charge is 2.29. The summed E-state index contributed by atoms with van der Waals surface area (Å²) in [6.45, 7) is 1.49. The Bertz CT molecular complexity index is 844. The van der Waals surface area contributed by atoms with Crippen molar-refractivity contribution >= 4 is 23.8 Å². The van der Waals surface area contributed by atoms with Crippen molar-refractivity contribution in [1.29, 1.82) is 0 Å². The first-order chi connectivity index (χ1) is 12.2. The number of esters is 1. The first-order valence-electron chi connectivity index (χ1n) is 7.42. The second kappa shape index (κ2) is 7.81. The molecule has 8 heteroatoms. The molecule has 0 saturated heterocycles. The number of halogens is 3. The number of hydrogen-bond donors (Lipinski definition) is 1. The molecule has 0 aliphatic rings. The van der Waals surface area contributed by atoms with Gasteiger partial charge in [-0.05, 0) is 42.8 Å². The normalized spacial score (nSPS) is 11.8. The summed E-state index contributed by atoms with van der Waals surface area (Å²) in [6.07, 6.45) is -1.59. The molecular weight excluding hydrogens is 349 g/mol. The second-order valence-electron chi connectivity index (χ2n) is 5.29. The number of carbonyl (C=O) groups is 2. The molecule has 1 N–H and O–H groups in total. The zero-order chi connectivity index (χ0) is 19.3. The predicted octanol–water partition coefficient (Wildman–Crippen LogP) is 3.93. The number of pyridine rings is 1. The molecule has 26 heavy (non-hydrogen) atoms. The smallest absolute Gasteiger partial charge is 0.416 e. The van der Waals surface area contributed by atoms with Crippen LogP contribution in [0.15, 0.2) is 48.2 Å². The highest BCUT2D eigenvalue weighted by molar-refractivity contribution is 6.08. The lowest BCUT2D eigenvalue weighted by molar-refractivity contribution is -0.137. The van der Waals surface area contributed by atoms with Gasteiger partial charge in [-0.15, -0.1) is 0 Å². The Morgan fingerprint density at radius 3 is 2.38 bits per heavy atom. The van der Waals surface area contributed by atoms with E-state index in [1.165, 1.54) is 50.6 Å². The van der Waals surface area contributed by atoms with Crippen LogP contribution in [0.3, 0.4) is 0 Å². The number of methoxy groups -OCH3 is 1. The minimum atomic E-state index is -4.42. The standard InChI is InChI=1S/C18H15F3N2O3/c1-11(10-12-5-7-13(8-6-12)18(19,20)21)16(24)23-15-14(17(25)26-2)4-3-9-22-15/h3-10H,1-2H3,(H,22,23,24). The maximum absolute atomic E-state index is 12.6. The number of ether oxygens (including phenoxy) is 1. The van der Waals surface area contributed by atoms with Crippen LogP contribution in [-0.4, -0.2) is 24.0 Å². The van der Waals surface area contributed by atoms with E-state index in [0.717, 1.165) is 12.1 Å². The molecule has 0 radical (unpaired) electrons. The number of alkyl halides is 3. The first-order valence-corrected chi connectivity index (χ1v) is 7.42. The Labute approximate surface area is 147 Å². The number of benzene rings is 1. The van der Waals surface area contributed by atoms with E-state index in [-0.39, 0.29) is 17.0 Å². The molecule has 1 heterocycles. The van der Waals surface area contributed by atoms with Crippen molar-refractivity contribution in [2.24, 2.45) is 0 Å². The van der Waals surface area contributed by atoms with Crippen molar-refractivity contribution in [3.05, 3.63) is 64.9 Å². The highest BCUT2D eigenvalue weighted by Crippen LogP contribution is 2.29. The number of carbonyl (C=O) groups excluding carboxylic acids is 2. The summed E-state index contributed by atoms with van der Waals surface area (Å²) in [4.78, 5) is 27.9. The molecule has 0 fully saturated rings. The summed E-state index contributed by atoms with van der Waals surface area (Å²) in [5.74, 6) is -1.17. The van der Waals surface area contributed by atoms with Gasteiger partial charge in [0, 0.05) is 11.8 Å². The summed E-state index contributed by atoms with van der Waals surface area (Å²) in [5.41, 5.74) is -0.0234. The molecule has 0 unspecified atom stereocenters. The SMILES string of the molecule is COC(=O)c1cccnc1NC(=O)C(C)=Cc1ccc(C(F)(F)F)cc1. The lowest BCUT2D eigenvalue weighted by Gasteiger charge is -2.09. The van der Waals surface area contributed by atoms with E-state index in [1.54, 1.807) is 0 Å². The largest absolute Gasteiger partial charge is 0.465 e. The van der Waals surface area contributed by atoms with E-state index in [2.05, 4.69) is 15.0 Å². The molecule has 0 saturated carbocycles. The number of hydrogen-bond acceptors (Lipinski definition) is 4. The molecule has 0 atom stereocenters. The van der Waals surface area contributed by atoms with Crippen LogP contribution in [0.1, 0.15) is 28.4 Å². The fourth-order valence-corrected chi connectivity index (χ4v) is 2.07. The van der Waals surface area contributed by atoms with Crippen LogP contribution in [0.2, 0.25) is 0 Å². The molecule has 136 valence electrons. The summed E-state index contributed by atoms with van der Waals surface area (Å²) in [5, 5.41) is 2.48. The van der Waals surface area contributed by atoms with Gasteiger partial charge >= 0.3 is 12.1 Å². The van der Waals surface area contributed by atoms with Crippen molar-refractivity contribution in [3.63, 3.8) is 0 Å². The number of nitrogens with one attached hydrogen (secondary N) is 1. The first kappa shape index (κ1) is 19.2. The summed E-state index contributed by atoms with van der Waals surface area (Å²) in [6, 6.07) is 7.37. The molecule has 1 aromatic carbocycles. The fourth-order valence-electron chi connectivity index (χ4n) is 2.07. The number of rotatable bonds is 4. The molecule has 5 nitrogen and oxygen atoms in total. The van der Waals surface area contributed by atoms with Gasteiger partial charge < -0.3 is 10.1 Å². The van der Waals surface area contributed by atoms with E-state index >= 15 is 0 Å². The molecule has 1 aromatic heterocycles. The zero-order valence-electron chi connectivity index (χ0n) is 13.9. The summed E-state index contributed by atoms with van der Waals surface area (Å²) in [7, 11) is 1.21. The summed E-state index contributed by atoms with van der Waals surface area (Å²) >= 11 is 0. The zero-order valence-corrected chi connectivity index (χ0v) is 13.9. The fraction of sp³-hybridized carbons (Fsp3) is 0.167. The van der Waals surface area contributed by atoms with Crippen molar-refractivity contribution in [2.75, 3.05) is 12.4 Å². The van der Waals surface area contributed by atoms with E-state index in [4.69, 9.17) is 0 Å². The monoisotopic (exact) mass is 364 g/mol. The van der Waals surface area contributed by atoms with Gasteiger partial charge in [-0.3, -0.25) is 4.79 Å². The molecule has 2 aromatic rings. The van der Waals surface area contributed by atoms with Crippen LogP contribution in [0.25, 0.3) is 6.08 Å². The van der Waals surface area contributed by atoms with Gasteiger partial charge in [-0.1, -0.05) is 12.1 Å². The molecule has 0 spiro atoms. The van der Waals surface area contributed by atoms with Gasteiger partial charge in [0.1, 0.15) is 11.4 Å². The Hall–Kier alpha value is -3.16. The van der Waals surface area contributed by atoms with Gasteiger partial charge in [0.15, 0.2) is 0 Å². The Kier molecular flexibility index (Phi) is 5.76. The van der Waals surface area contributed by atoms with Gasteiger partial charge in [-0.2, -0.15) is 13.2 Å². The number of nitrogens with zero attached hydrogens (tertiary/aromatic N) is 1. The third-order valence-electron chi connectivity index (χ3n) is 3.42. The molecule has 2 rings (SSSR count). The lowest BCUT2D eigenvalue weighted by Crippen LogP contribution is -2.17. The van der Waals surface area contributed by atoms with Crippen LogP contribution in [0.4, 0.5) is 19.0 Å². The molecule has 0 bridgehead atoms. The highest BCUT2D eigenvalue weighted by atomic mass is 19.4. The molecular formula is C18H15F3N2O3. The van der Waals surface area contributed by atoms with Gasteiger partial charge in [0.2, 0.25) is 0 Å². The average molecular weight is 364 g/mol. The molecule has 0 aliphatic heterocycles.